The van der Waals surface area contributed by atoms with E-state index in [1.807, 2.05) is 0 Å². The Hall–Kier alpha value is -0.340. The summed E-state index contributed by atoms with van der Waals surface area (Å²) < 4.78 is 1.34. The van der Waals surface area contributed by atoms with E-state index in [-0.39, 0.29) is 0 Å². The van der Waals surface area contributed by atoms with Gasteiger partial charge in [0.25, 0.3) is 0 Å². The molecule has 3 rings (SSSR count). The van der Waals surface area contributed by atoms with Crippen LogP contribution in [0.3, 0.4) is 0 Å². The van der Waals surface area contributed by atoms with E-state index in [4.69, 9.17) is 0 Å². The summed E-state index contributed by atoms with van der Waals surface area (Å²) in [6, 6.07) is 7.68. The number of nitrogens with one attached hydrogen (secondary N) is 1. The van der Waals surface area contributed by atoms with Crippen molar-refractivity contribution in [1.29, 1.82) is 0 Å². The second-order valence-corrected chi connectivity index (χ2v) is 6.97. The zero-order chi connectivity index (χ0) is 13.1. The van der Waals surface area contributed by atoms with Crippen molar-refractivity contribution in [1.82, 2.24) is 5.32 Å². The smallest absolute Gasteiger partial charge is 0.0320 e. The van der Waals surface area contributed by atoms with E-state index in [1.165, 1.54) is 67.9 Å². The number of hydrogen-bond donors (Lipinski definition) is 1. The Bertz CT molecular complexity index is 417. The van der Waals surface area contributed by atoms with E-state index in [2.05, 4.69) is 39.4 Å². The quantitative estimate of drug-likeness (QED) is 0.778. The van der Waals surface area contributed by atoms with E-state index < -0.39 is 0 Å². The van der Waals surface area contributed by atoms with Gasteiger partial charge in [-0.3, -0.25) is 0 Å². The lowest BCUT2D eigenvalue weighted by molar-refractivity contribution is 0.411. The molecule has 2 fully saturated rings. The van der Waals surface area contributed by atoms with Gasteiger partial charge in [0.1, 0.15) is 0 Å². The van der Waals surface area contributed by atoms with Gasteiger partial charge in [0.2, 0.25) is 0 Å². The van der Waals surface area contributed by atoms with Crippen LogP contribution in [0.1, 0.15) is 74.5 Å². The molecule has 1 N–H and O–H groups in total. The molecule has 2 aliphatic rings. The van der Waals surface area contributed by atoms with Gasteiger partial charge in [-0.25, -0.2) is 0 Å². The van der Waals surface area contributed by atoms with Crippen LogP contribution >= 0.6 is 15.9 Å². The monoisotopic (exact) mass is 321 g/mol. The molecule has 1 heterocycles. The highest BCUT2D eigenvalue weighted by molar-refractivity contribution is 9.10. The summed E-state index contributed by atoms with van der Waals surface area (Å²) in [5.74, 6) is 0.788. The molecule has 1 saturated heterocycles. The molecule has 0 radical (unpaired) electrons. The Balaban J connectivity index is 1.76. The number of benzene rings is 1. The summed E-state index contributed by atoms with van der Waals surface area (Å²) in [5.41, 5.74) is 3.00. The first-order chi connectivity index (χ1) is 9.34. The van der Waals surface area contributed by atoms with Gasteiger partial charge in [0, 0.05) is 10.5 Å². The molecule has 2 heteroatoms. The maximum atomic E-state index is 3.82. The van der Waals surface area contributed by atoms with Crippen LogP contribution < -0.4 is 5.32 Å². The fourth-order valence-electron chi connectivity index (χ4n) is 3.64. The molecule has 1 aromatic rings. The fourth-order valence-corrected chi connectivity index (χ4v) is 4.36. The molecule has 1 saturated carbocycles. The highest BCUT2D eigenvalue weighted by Gasteiger charge is 2.20. The lowest BCUT2D eigenvalue weighted by Gasteiger charge is -2.26. The van der Waals surface area contributed by atoms with Crippen LogP contribution in [0.5, 0.6) is 0 Å². The predicted molar refractivity (Wildman–Crippen MR) is 84.6 cm³/mol. The molecule has 1 aliphatic heterocycles. The van der Waals surface area contributed by atoms with E-state index in [0.717, 1.165) is 5.92 Å². The molecule has 1 unspecified atom stereocenters. The third-order valence-corrected chi connectivity index (χ3v) is 5.47. The lowest BCUT2D eigenvalue weighted by atomic mass is 9.83. The van der Waals surface area contributed by atoms with Crippen LogP contribution in [-0.2, 0) is 0 Å². The molecule has 0 aromatic heterocycles. The van der Waals surface area contributed by atoms with Crippen molar-refractivity contribution >= 4 is 15.9 Å². The Kier molecular flexibility index (Phi) is 4.60. The highest BCUT2D eigenvalue weighted by atomic mass is 79.9. The van der Waals surface area contributed by atoms with Gasteiger partial charge in [-0.2, -0.15) is 0 Å². The summed E-state index contributed by atoms with van der Waals surface area (Å²) in [6.45, 7) is 1.17. The number of rotatable bonds is 2. The Labute approximate surface area is 125 Å². The molecule has 1 nitrogen and oxygen atoms in total. The molecule has 104 valence electrons. The molecule has 0 amide bonds. The van der Waals surface area contributed by atoms with Crippen LogP contribution in [0, 0.1) is 0 Å². The summed E-state index contributed by atoms with van der Waals surface area (Å²) in [6.07, 6.45) is 11.0. The van der Waals surface area contributed by atoms with E-state index in [9.17, 15) is 0 Å². The van der Waals surface area contributed by atoms with Gasteiger partial charge in [-0.15, -0.1) is 0 Å². The van der Waals surface area contributed by atoms with Crippen molar-refractivity contribution in [2.75, 3.05) is 6.54 Å². The maximum absolute atomic E-state index is 3.82. The van der Waals surface area contributed by atoms with Crippen molar-refractivity contribution in [3.05, 3.63) is 33.8 Å². The average Bonchev–Trinajstić information content (AvgIpc) is 2.49. The average molecular weight is 322 g/mol. The Morgan fingerprint density at radius 3 is 2.42 bits per heavy atom. The number of hydrogen-bond acceptors (Lipinski definition) is 1. The van der Waals surface area contributed by atoms with E-state index >= 15 is 0 Å². The van der Waals surface area contributed by atoms with Crippen molar-refractivity contribution in [2.24, 2.45) is 0 Å². The van der Waals surface area contributed by atoms with Gasteiger partial charge in [-0.05, 0) is 55.3 Å². The minimum Gasteiger partial charge on any atom is -0.310 e. The van der Waals surface area contributed by atoms with Crippen LogP contribution in [-0.4, -0.2) is 6.54 Å². The first-order valence-electron chi connectivity index (χ1n) is 7.87. The summed E-state index contributed by atoms with van der Waals surface area (Å²) in [7, 11) is 0. The number of piperidine rings is 1. The Morgan fingerprint density at radius 2 is 1.74 bits per heavy atom. The summed E-state index contributed by atoms with van der Waals surface area (Å²) in [5, 5.41) is 3.64. The molecular formula is C17H24BrN. The molecular weight excluding hydrogens is 298 g/mol. The van der Waals surface area contributed by atoms with Gasteiger partial charge in [-0.1, -0.05) is 53.7 Å². The van der Waals surface area contributed by atoms with Crippen molar-refractivity contribution in [3.63, 3.8) is 0 Å². The second kappa shape index (κ2) is 6.41. The molecule has 1 aliphatic carbocycles. The summed E-state index contributed by atoms with van der Waals surface area (Å²) >= 11 is 3.82. The molecule has 0 bridgehead atoms. The van der Waals surface area contributed by atoms with Crippen molar-refractivity contribution in [3.8, 4) is 0 Å². The van der Waals surface area contributed by atoms with Crippen molar-refractivity contribution < 1.29 is 0 Å². The minimum atomic E-state index is 0.574. The standard InChI is InChI=1S/C17H24BrN/c18-16-12-14(17-8-4-5-11-19-17)9-10-15(16)13-6-2-1-3-7-13/h9-10,12-13,17,19H,1-8,11H2. The first-order valence-corrected chi connectivity index (χ1v) is 8.66. The predicted octanol–water partition coefficient (Wildman–Crippen LogP) is 5.31. The molecule has 1 atom stereocenters. The van der Waals surface area contributed by atoms with Gasteiger partial charge in [0.05, 0.1) is 0 Å². The van der Waals surface area contributed by atoms with Crippen LogP contribution in [0.4, 0.5) is 0 Å². The normalized spacial score (nSPS) is 25.4. The minimum absolute atomic E-state index is 0.574. The van der Waals surface area contributed by atoms with Gasteiger partial charge in [0.15, 0.2) is 0 Å². The van der Waals surface area contributed by atoms with Crippen LogP contribution in [0.25, 0.3) is 0 Å². The highest BCUT2D eigenvalue weighted by Crippen LogP contribution is 2.37. The third-order valence-electron chi connectivity index (χ3n) is 4.78. The second-order valence-electron chi connectivity index (χ2n) is 6.12. The topological polar surface area (TPSA) is 12.0 Å². The van der Waals surface area contributed by atoms with E-state index in [0.29, 0.717) is 6.04 Å². The zero-order valence-electron chi connectivity index (χ0n) is 11.6. The Morgan fingerprint density at radius 1 is 0.947 bits per heavy atom. The maximum Gasteiger partial charge on any atom is 0.0320 e. The molecule has 0 spiro atoms. The van der Waals surface area contributed by atoms with Crippen molar-refractivity contribution in [2.45, 2.75) is 63.3 Å². The van der Waals surface area contributed by atoms with E-state index in [1.54, 1.807) is 5.56 Å². The fraction of sp³-hybridized carbons (Fsp3) is 0.647. The van der Waals surface area contributed by atoms with Gasteiger partial charge >= 0.3 is 0 Å². The van der Waals surface area contributed by atoms with Crippen LogP contribution in [0.2, 0.25) is 0 Å². The number of halogens is 1. The largest absolute Gasteiger partial charge is 0.310 e. The lowest BCUT2D eigenvalue weighted by Crippen LogP contribution is -2.26. The molecule has 19 heavy (non-hydrogen) atoms. The zero-order valence-corrected chi connectivity index (χ0v) is 13.2. The molecule has 1 aromatic carbocycles. The van der Waals surface area contributed by atoms with Crippen LogP contribution in [0.15, 0.2) is 22.7 Å². The van der Waals surface area contributed by atoms with Gasteiger partial charge < -0.3 is 5.32 Å². The first kappa shape index (κ1) is 13.6. The SMILES string of the molecule is Brc1cc(C2CCCCN2)ccc1C1CCCCC1. The third kappa shape index (κ3) is 3.22. The summed E-state index contributed by atoms with van der Waals surface area (Å²) in [4.78, 5) is 0.